The van der Waals surface area contributed by atoms with Gasteiger partial charge >= 0.3 is 0 Å². The standard InChI is InChI=1S/C10H15N3O/c11-7-9-10(13-6-5-12-9)14-8-3-1-2-4-8/h5-6,8H,1-4,7,11H2. The highest BCUT2D eigenvalue weighted by molar-refractivity contribution is 5.17. The lowest BCUT2D eigenvalue weighted by Crippen LogP contribution is -2.15. The first-order valence-corrected chi connectivity index (χ1v) is 5.07. The molecule has 1 aliphatic rings. The van der Waals surface area contributed by atoms with Crippen LogP contribution in [0.4, 0.5) is 0 Å². The Kier molecular flexibility index (Phi) is 2.93. The first kappa shape index (κ1) is 9.40. The summed E-state index contributed by atoms with van der Waals surface area (Å²) in [6.45, 7) is 0.385. The van der Waals surface area contributed by atoms with Crippen LogP contribution in [0.5, 0.6) is 5.88 Å². The molecule has 1 aromatic heterocycles. The highest BCUT2D eigenvalue weighted by Gasteiger charge is 2.18. The van der Waals surface area contributed by atoms with E-state index >= 15 is 0 Å². The fourth-order valence-electron chi connectivity index (χ4n) is 1.76. The molecule has 0 spiro atoms. The van der Waals surface area contributed by atoms with Gasteiger partial charge in [-0.05, 0) is 25.7 Å². The third kappa shape index (κ3) is 2.01. The van der Waals surface area contributed by atoms with E-state index in [2.05, 4.69) is 9.97 Å². The molecule has 14 heavy (non-hydrogen) atoms. The summed E-state index contributed by atoms with van der Waals surface area (Å²) in [5.74, 6) is 0.613. The minimum absolute atomic E-state index is 0.317. The Morgan fingerprint density at radius 3 is 2.71 bits per heavy atom. The minimum Gasteiger partial charge on any atom is -0.473 e. The second-order valence-electron chi connectivity index (χ2n) is 3.54. The van der Waals surface area contributed by atoms with Crippen LogP contribution in [0.25, 0.3) is 0 Å². The highest BCUT2D eigenvalue weighted by Crippen LogP contribution is 2.23. The number of ether oxygens (including phenoxy) is 1. The summed E-state index contributed by atoms with van der Waals surface area (Å²) in [5.41, 5.74) is 6.29. The Labute approximate surface area is 83.5 Å². The summed E-state index contributed by atoms with van der Waals surface area (Å²) >= 11 is 0. The molecule has 2 rings (SSSR count). The zero-order chi connectivity index (χ0) is 9.80. The van der Waals surface area contributed by atoms with Crippen molar-refractivity contribution in [3.63, 3.8) is 0 Å². The smallest absolute Gasteiger partial charge is 0.237 e. The maximum atomic E-state index is 5.74. The van der Waals surface area contributed by atoms with Crippen LogP contribution in [0.15, 0.2) is 12.4 Å². The van der Waals surface area contributed by atoms with Gasteiger partial charge in [-0.15, -0.1) is 0 Å². The van der Waals surface area contributed by atoms with E-state index in [1.807, 2.05) is 0 Å². The molecule has 1 heterocycles. The van der Waals surface area contributed by atoms with Gasteiger partial charge in [0.25, 0.3) is 0 Å². The molecule has 0 radical (unpaired) electrons. The monoisotopic (exact) mass is 193 g/mol. The molecule has 76 valence electrons. The molecule has 2 N–H and O–H groups in total. The van der Waals surface area contributed by atoms with E-state index in [1.54, 1.807) is 12.4 Å². The van der Waals surface area contributed by atoms with E-state index in [1.165, 1.54) is 12.8 Å². The van der Waals surface area contributed by atoms with Gasteiger partial charge in [-0.25, -0.2) is 4.98 Å². The van der Waals surface area contributed by atoms with Gasteiger partial charge < -0.3 is 10.5 Å². The second-order valence-corrected chi connectivity index (χ2v) is 3.54. The molecule has 1 aromatic rings. The SMILES string of the molecule is NCc1nccnc1OC1CCCC1. The predicted octanol–water partition coefficient (Wildman–Crippen LogP) is 1.26. The van der Waals surface area contributed by atoms with Crippen molar-refractivity contribution < 1.29 is 4.74 Å². The van der Waals surface area contributed by atoms with Crippen LogP contribution in [0.1, 0.15) is 31.4 Å². The summed E-state index contributed by atoms with van der Waals surface area (Å²) in [6.07, 6.45) is 8.36. The van der Waals surface area contributed by atoms with E-state index in [0.717, 1.165) is 18.5 Å². The number of hydrogen-bond acceptors (Lipinski definition) is 4. The van der Waals surface area contributed by atoms with Crippen LogP contribution in [-0.4, -0.2) is 16.1 Å². The zero-order valence-electron chi connectivity index (χ0n) is 8.15. The van der Waals surface area contributed by atoms with Crippen LogP contribution in [0.3, 0.4) is 0 Å². The lowest BCUT2D eigenvalue weighted by atomic mass is 10.3. The van der Waals surface area contributed by atoms with Gasteiger partial charge in [0.05, 0.1) is 0 Å². The number of nitrogens with two attached hydrogens (primary N) is 1. The molecule has 0 saturated heterocycles. The van der Waals surface area contributed by atoms with E-state index < -0.39 is 0 Å². The fourth-order valence-corrected chi connectivity index (χ4v) is 1.76. The lowest BCUT2D eigenvalue weighted by Gasteiger charge is -2.13. The average molecular weight is 193 g/mol. The van der Waals surface area contributed by atoms with Crippen LogP contribution in [0, 0.1) is 0 Å². The molecule has 4 heteroatoms. The van der Waals surface area contributed by atoms with E-state index in [0.29, 0.717) is 18.5 Å². The van der Waals surface area contributed by atoms with Gasteiger partial charge in [0.15, 0.2) is 0 Å². The van der Waals surface area contributed by atoms with Crippen molar-refractivity contribution in [1.82, 2.24) is 9.97 Å². The maximum absolute atomic E-state index is 5.74. The van der Waals surface area contributed by atoms with Gasteiger partial charge in [0.1, 0.15) is 11.8 Å². The van der Waals surface area contributed by atoms with E-state index in [-0.39, 0.29) is 0 Å². The lowest BCUT2D eigenvalue weighted by molar-refractivity contribution is 0.198. The molecule has 0 aliphatic heterocycles. The van der Waals surface area contributed by atoms with Gasteiger partial charge in [-0.1, -0.05) is 0 Å². The summed E-state index contributed by atoms with van der Waals surface area (Å²) in [6, 6.07) is 0. The average Bonchev–Trinajstić information content (AvgIpc) is 2.71. The first-order chi connectivity index (χ1) is 6.90. The molecule has 0 bridgehead atoms. The number of rotatable bonds is 3. The molecule has 1 fully saturated rings. The third-order valence-corrected chi connectivity index (χ3v) is 2.51. The fraction of sp³-hybridized carbons (Fsp3) is 0.600. The Bertz CT molecular complexity index is 297. The van der Waals surface area contributed by atoms with Crippen molar-refractivity contribution >= 4 is 0 Å². The summed E-state index contributed by atoms with van der Waals surface area (Å²) in [4.78, 5) is 8.28. The normalized spacial score (nSPS) is 17.2. The molecule has 0 unspecified atom stereocenters. The Morgan fingerprint density at radius 2 is 2.00 bits per heavy atom. The molecule has 0 amide bonds. The maximum Gasteiger partial charge on any atom is 0.237 e. The first-order valence-electron chi connectivity index (χ1n) is 5.07. The van der Waals surface area contributed by atoms with Crippen molar-refractivity contribution in [3.8, 4) is 5.88 Å². The number of aromatic nitrogens is 2. The van der Waals surface area contributed by atoms with Crippen LogP contribution >= 0.6 is 0 Å². The third-order valence-electron chi connectivity index (χ3n) is 2.51. The minimum atomic E-state index is 0.317. The van der Waals surface area contributed by atoms with Gasteiger partial charge in [-0.3, -0.25) is 4.98 Å². The van der Waals surface area contributed by atoms with Crippen molar-refractivity contribution in [2.24, 2.45) is 5.73 Å². The molecular weight excluding hydrogens is 178 g/mol. The van der Waals surface area contributed by atoms with Crippen LogP contribution in [0.2, 0.25) is 0 Å². The Morgan fingerprint density at radius 1 is 1.29 bits per heavy atom. The molecule has 1 aliphatic carbocycles. The molecule has 0 aromatic carbocycles. The summed E-state index contributed by atoms with van der Waals surface area (Å²) in [5, 5.41) is 0. The van der Waals surface area contributed by atoms with Crippen molar-refractivity contribution in [2.45, 2.75) is 38.3 Å². The van der Waals surface area contributed by atoms with Crippen LogP contribution in [-0.2, 0) is 6.54 Å². The highest BCUT2D eigenvalue weighted by atomic mass is 16.5. The number of nitrogens with zero attached hydrogens (tertiary/aromatic N) is 2. The van der Waals surface area contributed by atoms with Crippen LogP contribution < -0.4 is 10.5 Å². The van der Waals surface area contributed by atoms with E-state index in [4.69, 9.17) is 10.5 Å². The molecular formula is C10H15N3O. The Balaban J connectivity index is 2.07. The Hall–Kier alpha value is -1.16. The number of hydrogen-bond donors (Lipinski definition) is 1. The van der Waals surface area contributed by atoms with Crippen molar-refractivity contribution in [2.75, 3.05) is 0 Å². The summed E-state index contributed by atoms with van der Waals surface area (Å²) < 4.78 is 5.74. The molecule has 0 atom stereocenters. The molecule has 4 nitrogen and oxygen atoms in total. The van der Waals surface area contributed by atoms with Gasteiger partial charge in [0.2, 0.25) is 5.88 Å². The quantitative estimate of drug-likeness (QED) is 0.785. The predicted molar refractivity (Wildman–Crippen MR) is 52.8 cm³/mol. The van der Waals surface area contributed by atoms with Crippen molar-refractivity contribution in [1.29, 1.82) is 0 Å². The van der Waals surface area contributed by atoms with Gasteiger partial charge in [-0.2, -0.15) is 0 Å². The van der Waals surface area contributed by atoms with E-state index in [9.17, 15) is 0 Å². The van der Waals surface area contributed by atoms with Gasteiger partial charge in [0, 0.05) is 18.9 Å². The topological polar surface area (TPSA) is 61.0 Å². The van der Waals surface area contributed by atoms with Crippen molar-refractivity contribution in [3.05, 3.63) is 18.1 Å². The zero-order valence-corrected chi connectivity index (χ0v) is 8.15. The second kappa shape index (κ2) is 4.37. The summed E-state index contributed by atoms with van der Waals surface area (Å²) in [7, 11) is 0. The largest absolute Gasteiger partial charge is 0.473 e. The molecule has 1 saturated carbocycles.